The van der Waals surface area contributed by atoms with Crippen molar-refractivity contribution in [2.45, 2.75) is 20.5 Å². The Kier molecular flexibility index (Phi) is 5.85. The number of methoxy groups -OCH3 is 1. The maximum Gasteiger partial charge on any atom is 0.269 e. The molecule has 0 bridgehead atoms. The molecule has 0 aliphatic carbocycles. The minimum absolute atomic E-state index is 0.00103. The molecule has 3 aromatic carbocycles. The molecule has 0 saturated heterocycles. The van der Waals surface area contributed by atoms with E-state index in [4.69, 9.17) is 14.0 Å². The van der Waals surface area contributed by atoms with Gasteiger partial charge in [0, 0.05) is 28.8 Å². The number of non-ortho nitro benzene ring substituents is 1. The van der Waals surface area contributed by atoms with Gasteiger partial charge in [0.05, 0.1) is 12.0 Å². The standard InChI is InChI=1S/C24H21N3O5/c1-15-4-5-16(2)22(12-15)31-14-19-13-18(8-11-21(19)30-3)24-25-23(26-32-24)17-6-9-20(10-7-17)27(28)29/h4-13H,14H2,1-3H3. The van der Waals surface area contributed by atoms with Crippen molar-refractivity contribution in [3.8, 4) is 34.3 Å². The molecule has 1 heterocycles. The predicted molar refractivity (Wildman–Crippen MR) is 119 cm³/mol. The molecule has 0 atom stereocenters. The molecule has 0 radical (unpaired) electrons. The Balaban J connectivity index is 1.58. The lowest BCUT2D eigenvalue weighted by Crippen LogP contribution is -2.00. The number of hydrogen-bond acceptors (Lipinski definition) is 7. The molecule has 0 amide bonds. The first-order valence-electron chi connectivity index (χ1n) is 9.90. The molecule has 8 heteroatoms. The Morgan fingerprint density at radius 2 is 1.72 bits per heavy atom. The summed E-state index contributed by atoms with van der Waals surface area (Å²) >= 11 is 0. The Bertz CT molecular complexity index is 1270. The number of nitrogens with zero attached hydrogens (tertiary/aromatic N) is 3. The van der Waals surface area contributed by atoms with Crippen LogP contribution in [0.15, 0.2) is 65.2 Å². The summed E-state index contributed by atoms with van der Waals surface area (Å²) in [5.74, 6) is 2.18. The van der Waals surface area contributed by atoms with Gasteiger partial charge in [-0.05, 0) is 61.4 Å². The molecule has 8 nitrogen and oxygen atoms in total. The molecule has 0 saturated carbocycles. The van der Waals surface area contributed by atoms with Gasteiger partial charge < -0.3 is 14.0 Å². The minimum Gasteiger partial charge on any atom is -0.496 e. The third-order valence-electron chi connectivity index (χ3n) is 5.02. The summed E-state index contributed by atoms with van der Waals surface area (Å²) in [6.07, 6.45) is 0. The fourth-order valence-corrected chi connectivity index (χ4v) is 3.23. The van der Waals surface area contributed by atoms with E-state index in [2.05, 4.69) is 10.1 Å². The van der Waals surface area contributed by atoms with Gasteiger partial charge in [0.15, 0.2) is 0 Å². The monoisotopic (exact) mass is 431 g/mol. The number of rotatable bonds is 7. The molecule has 0 aliphatic heterocycles. The molecule has 4 rings (SSSR count). The smallest absolute Gasteiger partial charge is 0.269 e. The molecule has 0 spiro atoms. The Labute approximate surface area is 184 Å². The van der Waals surface area contributed by atoms with Gasteiger partial charge in [-0.15, -0.1) is 0 Å². The normalized spacial score (nSPS) is 10.7. The summed E-state index contributed by atoms with van der Waals surface area (Å²) in [6, 6.07) is 17.6. The molecule has 1 aromatic heterocycles. The van der Waals surface area contributed by atoms with Crippen LogP contribution in [0.4, 0.5) is 5.69 Å². The van der Waals surface area contributed by atoms with E-state index in [1.165, 1.54) is 12.1 Å². The van der Waals surface area contributed by atoms with Gasteiger partial charge in [-0.25, -0.2) is 0 Å². The lowest BCUT2D eigenvalue weighted by molar-refractivity contribution is -0.384. The van der Waals surface area contributed by atoms with Crippen LogP contribution >= 0.6 is 0 Å². The topological polar surface area (TPSA) is 101 Å². The molecule has 0 fully saturated rings. The highest BCUT2D eigenvalue weighted by Crippen LogP contribution is 2.29. The molecule has 32 heavy (non-hydrogen) atoms. The van der Waals surface area contributed by atoms with Crippen molar-refractivity contribution in [3.05, 3.63) is 87.5 Å². The highest BCUT2D eigenvalue weighted by atomic mass is 16.6. The number of ether oxygens (including phenoxy) is 2. The highest BCUT2D eigenvalue weighted by Gasteiger charge is 2.15. The molecular weight excluding hydrogens is 410 g/mol. The van der Waals surface area contributed by atoms with Crippen molar-refractivity contribution in [2.75, 3.05) is 7.11 Å². The molecular formula is C24H21N3O5. The van der Waals surface area contributed by atoms with Crippen molar-refractivity contribution in [3.63, 3.8) is 0 Å². The second-order valence-electron chi connectivity index (χ2n) is 7.31. The van der Waals surface area contributed by atoms with Crippen molar-refractivity contribution in [1.29, 1.82) is 0 Å². The van der Waals surface area contributed by atoms with E-state index in [1.54, 1.807) is 19.2 Å². The van der Waals surface area contributed by atoms with E-state index >= 15 is 0 Å². The summed E-state index contributed by atoms with van der Waals surface area (Å²) < 4.78 is 17.0. The van der Waals surface area contributed by atoms with Crippen LogP contribution in [0, 0.1) is 24.0 Å². The fraction of sp³-hybridized carbons (Fsp3) is 0.167. The third kappa shape index (κ3) is 4.44. The van der Waals surface area contributed by atoms with Crippen LogP contribution in [0.5, 0.6) is 11.5 Å². The highest BCUT2D eigenvalue weighted by molar-refractivity contribution is 5.62. The molecule has 0 N–H and O–H groups in total. The number of aryl methyl sites for hydroxylation is 2. The van der Waals surface area contributed by atoms with Gasteiger partial charge in [0.2, 0.25) is 5.82 Å². The average Bonchev–Trinajstić information content (AvgIpc) is 3.30. The largest absolute Gasteiger partial charge is 0.496 e. The lowest BCUT2D eigenvalue weighted by atomic mass is 10.1. The number of nitro benzene ring substituents is 1. The molecule has 0 aliphatic rings. The number of aromatic nitrogens is 2. The van der Waals surface area contributed by atoms with Gasteiger partial charge >= 0.3 is 0 Å². The molecule has 4 aromatic rings. The lowest BCUT2D eigenvalue weighted by Gasteiger charge is -2.13. The minimum atomic E-state index is -0.454. The van der Waals surface area contributed by atoms with Crippen molar-refractivity contribution < 1.29 is 18.9 Å². The summed E-state index contributed by atoms with van der Waals surface area (Å²) in [7, 11) is 1.61. The van der Waals surface area contributed by atoms with Crippen molar-refractivity contribution in [1.82, 2.24) is 10.1 Å². The van der Waals surface area contributed by atoms with Gasteiger partial charge in [-0.1, -0.05) is 17.3 Å². The van der Waals surface area contributed by atoms with Crippen LogP contribution in [0.1, 0.15) is 16.7 Å². The summed E-state index contributed by atoms with van der Waals surface area (Å²) in [5, 5.41) is 14.8. The third-order valence-corrected chi connectivity index (χ3v) is 5.02. The van der Waals surface area contributed by atoms with Crippen LogP contribution in [-0.4, -0.2) is 22.2 Å². The fourth-order valence-electron chi connectivity index (χ4n) is 3.23. The second kappa shape index (κ2) is 8.89. The van der Waals surface area contributed by atoms with Crippen LogP contribution in [0.3, 0.4) is 0 Å². The van der Waals surface area contributed by atoms with Gasteiger partial charge in [-0.3, -0.25) is 10.1 Å². The maximum absolute atomic E-state index is 10.8. The number of hydrogen-bond donors (Lipinski definition) is 0. The first-order chi connectivity index (χ1) is 15.4. The van der Waals surface area contributed by atoms with Gasteiger partial charge in [0.1, 0.15) is 18.1 Å². The van der Waals surface area contributed by atoms with Crippen LogP contribution in [-0.2, 0) is 6.61 Å². The van der Waals surface area contributed by atoms with Crippen molar-refractivity contribution in [2.24, 2.45) is 0 Å². The number of benzene rings is 3. The SMILES string of the molecule is COc1ccc(-c2nc(-c3ccc([N+](=O)[O-])cc3)no2)cc1COc1cc(C)ccc1C. The van der Waals surface area contributed by atoms with Gasteiger partial charge in [-0.2, -0.15) is 4.98 Å². The molecule has 0 unspecified atom stereocenters. The van der Waals surface area contributed by atoms with E-state index in [-0.39, 0.29) is 5.69 Å². The van der Waals surface area contributed by atoms with Crippen molar-refractivity contribution >= 4 is 5.69 Å². The second-order valence-corrected chi connectivity index (χ2v) is 7.31. The van der Waals surface area contributed by atoms with E-state index in [0.717, 1.165) is 22.4 Å². The number of nitro groups is 1. The average molecular weight is 431 g/mol. The van der Waals surface area contributed by atoms with Gasteiger partial charge in [0.25, 0.3) is 11.6 Å². The maximum atomic E-state index is 10.8. The Morgan fingerprint density at radius 3 is 2.44 bits per heavy atom. The zero-order chi connectivity index (χ0) is 22.7. The quantitative estimate of drug-likeness (QED) is 0.281. The zero-order valence-electron chi connectivity index (χ0n) is 17.9. The van der Waals surface area contributed by atoms with Crippen LogP contribution in [0.25, 0.3) is 22.8 Å². The summed E-state index contributed by atoms with van der Waals surface area (Å²) in [5.41, 5.74) is 4.34. The first-order valence-corrected chi connectivity index (χ1v) is 9.90. The molecule has 162 valence electrons. The Morgan fingerprint density at radius 1 is 0.969 bits per heavy atom. The predicted octanol–water partition coefficient (Wildman–Crippen LogP) is 5.52. The van der Waals surface area contributed by atoms with Crippen LogP contribution in [0.2, 0.25) is 0 Å². The van der Waals surface area contributed by atoms with E-state index in [1.807, 2.05) is 50.2 Å². The first kappa shape index (κ1) is 21.0. The van der Waals surface area contributed by atoms with E-state index in [9.17, 15) is 10.1 Å². The summed E-state index contributed by atoms with van der Waals surface area (Å²) in [4.78, 5) is 14.8. The van der Waals surface area contributed by atoms with E-state index in [0.29, 0.717) is 35.2 Å². The van der Waals surface area contributed by atoms with Crippen LogP contribution < -0.4 is 9.47 Å². The Hall–Kier alpha value is -4.20. The summed E-state index contributed by atoms with van der Waals surface area (Å²) in [6.45, 7) is 4.33. The zero-order valence-corrected chi connectivity index (χ0v) is 17.9. The van der Waals surface area contributed by atoms with E-state index < -0.39 is 4.92 Å².